The van der Waals surface area contributed by atoms with Crippen LogP contribution in [0, 0.1) is 0 Å². The predicted molar refractivity (Wildman–Crippen MR) is 104 cm³/mol. The van der Waals surface area contributed by atoms with E-state index in [1.54, 1.807) is 30.6 Å². The van der Waals surface area contributed by atoms with Crippen molar-refractivity contribution < 1.29 is 9.59 Å². The number of likely N-dealkylation sites (tertiary alicyclic amines) is 1. The van der Waals surface area contributed by atoms with E-state index in [2.05, 4.69) is 20.6 Å². The second kappa shape index (κ2) is 9.32. The number of halogens is 1. The molecule has 27 heavy (non-hydrogen) atoms. The Hall–Kier alpha value is -2.67. The highest BCUT2D eigenvalue weighted by atomic mass is 35.5. The number of rotatable bonds is 6. The topological polar surface area (TPSA) is 87.2 Å². The number of aromatic nitrogens is 2. The quantitative estimate of drug-likeness (QED) is 0.744. The lowest BCUT2D eigenvalue weighted by Gasteiger charge is -2.26. The summed E-state index contributed by atoms with van der Waals surface area (Å²) in [7, 11) is 0. The minimum Gasteiger partial charge on any atom is -0.367 e. The highest BCUT2D eigenvalue weighted by Crippen LogP contribution is 2.21. The monoisotopic (exact) mass is 387 g/mol. The summed E-state index contributed by atoms with van der Waals surface area (Å²) in [5, 5.41) is 6.24. The number of carbonyl (C=O) groups is 2. The van der Waals surface area contributed by atoms with E-state index in [0.717, 1.165) is 25.9 Å². The fourth-order valence-electron chi connectivity index (χ4n) is 2.92. The van der Waals surface area contributed by atoms with Gasteiger partial charge in [-0.3, -0.25) is 14.6 Å². The summed E-state index contributed by atoms with van der Waals surface area (Å²) in [6.45, 7) is 2.43. The van der Waals surface area contributed by atoms with Crippen molar-refractivity contribution in [2.45, 2.75) is 19.3 Å². The lowest BCUT2D eigenvalue weighted by molar-refractivity contribution is 0.0723. The third-order valence-corrected chi connectivity index (χ3v) is 4.65. The normalized spacial score (nSPS) is 13.9. The van der Waals surface area contributed by atoms with E-state index in [4.69, 9.17) is 11.6 Å². The second-order valence-electron chi connectivity index (χ2n) is 6.33. The maximum atomic E-state index is 12.5. The van der Waals surface area contributed by atoms with E-state index in [9.17, 15) is 9.59 Å². The highest BCUT2D eigenvalue weighted by Gasteiger charge is 2.19. The molecule has 7 nitrogen and oxygen atoms in total. The van der Waals surface area contributed by atoms with Crippen molar-refractivity contribution in [3.8, 4) is 0 Å². The smallest absolute Gasteiger partial charge is 0.255 e. The van der Waals surface area contributed by atoms with Crippen molar-refractivity contribution >= 4 is 29.2 Å². The van der Waals surface area contributed by atoms with E-state index in [-0.39, 0.29) is 11.8 Å². The largest absolute Gasteiger partial charge is 0.367 e. The van der Waals surface area contributed by atoms with E-state index in [1.165, 1.54) is 12.6 Å². The van der Waals surface area contributed by atoms with E-state index in [0.29, 0.717) is 35.1 Å². The molecule has 1 fully saturated rings. The van der Waals surface area contributed by atoms with Crippen LogP contribution in [0.1, 0.15) is 40.0 Å². The zero-order chi connectivity index (χ0) is 19.1. The summed E-state index contributed by atoms with van der Waals surface area (Å²) in [6, 6.07) is 5.05. The molecule has 0 aromatic carbocycles. The van der Waals surface area contributed by atoms with Gasteiger partial charge in [-0.05, 0) is 37.5 Å². The SMILES string of the molecule is O=C(NCCNc1ncc(C(=O)N2CCCCC2)cc1Cl)c1cccnc1. The van der Waals surface area contributed by atoms with Gasteiger partial charge in [0, 0.05) is 44.8 Å². The minimum atomic E-state index is -0.188. The Morgan fingerprint density at radius 3 is 2.63 bits per heavy atom. The molecule has 0 unspecified atom stereocenters. The van der Waals surface area contributed by atoms with Gasteiger partial charge in [-0.25, -0.2) is 4.98 Å². The van der Waals surface area contributed by atoms with E-state index >= 15 is 0 Å². The van der Waals surface area contributed by atoms with E-state index in [1.807, 2.05) is 4.90 Å². The average Bonchev–Trinajstić information content (AvgIpc) is 2.72. The van der Waals surface area contributed by atoms with Gasteiger partial charge in [0.25, 0.3) is 11.8 Å². The van der Waals surface area contributed by atoms with Gasteiger partial charge < -0.3 is 15.5 Å². The van der Waals surface area contributed by atoms with Gasteiger partial charge in [0.2, 0.25) is 0 Å². The summed E-state index contributed by atoms with van der Waals surface area (Å²) in [6.07, 6.45) is 7.92. The molecule has 1 aliphatic rings. The first-order valence-electron chi connectivity index (χ1n) is 9.02. The van der Waals surface area contributed by atoms with Gasteiger partial charge in [0.1, 0.15) is 5.82 Å². The molecule has 2 aromatic rings. The Morgan fingerprint density at radius 1 is 1.11 bits per heavy atom. The zero-order valence-corrected chi connectivity index (χ0v) is 15.7. The molecule has 1 aliphatic heterocycles. The number of pyridine rings is 2. The highest BCUT2D eigenvalue weighted by molar-refractivity contribution is 6.33. The molecule has 0 spiro atoms. The van der Waals surface area contributed by atoms with Crippen LogP contribution in [0.5, 0.6) is 0 Å². The molecular weight excluding hydrogens is 366 g/mol. The number of piperidine rings is 1. The molecular formula is C19H22ClN5O2. The van der Waals surface area contributed by atoms with Crippen LogP contribution in [-0.4, -0.2) is 52.9 Å². The van der Waals surface area contributed by atoms with Crippen molar-refractivity contribution in [1.29, 1.82) is 0 Å². The molecule has 3 heterocycles. The van der Waals surface area contributed by atoms with Crippen LogP contribution in [-0.2, 0) is 0 Å². The first-order valence-corrected chi connectivity index (χ1v) is 9.40. The third-order valence-electron chi connectivity index (χ3n) is 4.36. The number of hydrogen-bond acceptors (Lipinski definition) is 5. The Bertz CT molecular complexity index is 794. The van der Waals surface area contributed by atoms with Gasteiger partial charge >= 0.3 is 0 Å². The summed E-state index contributed by atoms with van der Waals surface area (Å²) in [5.41, 5.74) is 1.01. The van der Waals surface area contributed by atoms with Crippen molar-refractivity contribution in [2.75, 3.05) is 31.5 Å². The zero-order valence-electron chi connectivity index (χ0n) is 14.9. The summed E-state index contributed by atoms with van der Waals surface area (Å²) in [4.78, 5) is 34.4. The molecule has 142 valence electrons. The molecule has 3 rings (SSSR count). The Labute approximate surface area is 163 Å². The summed E-state index contributed by atoms with van der Waals surface area (Å²) >= 11 is 6.26. The molecule has 1 saturated heterocycles. The molecule has 0 saturated carbocycles. The van der Waals surface area contributed by atoms with Gasteiger partial charge in [-0.1, -0.05) is 11.6 Å². The van der Waals surface area contributed by atoms with Crippen LogP contribution in [0.4, 0.5) is 5.82 Å². The first-order chi connectivity index (χ1) is 13.1. The standard InChI is InChI=1S/C19H22ClN5O2/c20-16-11-15(19(27)25-9-2-1-3-10-25)13-24-17(16)22-7-8-23-18(26)14-5-4-6-21-12-14/h4-6,11-13H,1-3,7-10H2,(H,22,24)(H,23,26). The summed E-state index contributed by atoms with van der Waals surface area (Å²) < 4.78 is 0. The van der Waals surface area contributed by atoms with Crippen molar-refractivity contribution in [1.82, 2.24) is 20.2 Å². The molecule has 0 aliphatic carbocycles. The van der Waals surface area contributed by atoms with Crippen LogP contribution in [0.15, 0.2) is 36.8 Å². The Balaban J connectivity index is 1.49. The minimum absolute atomic E-state index is 0.0283. The van der Waals surface area contributed by atoms with Crippen molar-refractivity contribution in [3.63, 3.8) is 0 Å². The second-order valence-corrected chi connectivity index (χ2v) is 6.74. The Kier molecular flexibility index (Phi) is 6.59. The van der Waals surface area contributed by atoms with Crippen LogP contribution < -0.4 is 10.6 Å². The lowest BCUT2D eigenvalue weighted by atomic mass is 10.1. The van der Waals surface area contributed by atoms with Crippen molar-refractivity contribution in [3.05, 3.63) is 52.9 Å². The number of amides is 2. The number of nitrogens with one attached hydrogen (secondary N) is 2. The molecule has 0 atom stereocenters. The van der Waals surface area contributed by atoms with Gasteiger partial charge in [0.15, 0.2) is 0 Å². The summed E-state index contributed by atoms with van der Waals surface area (Å²) in [5.74, 6) is 0.272. The van der Waals surface area contributed by atoms with Crippen LogP contribution >= 0.6 is 11.6 Å². The third kappa shape index (κ3) is 5.17. The van der Waals surface area contributed by atoms with Crippen LogP contribution in [0.2, 0.25) is 5.02 Å². The number of anilines is 1. The lowest BCUT2D eigenvalue weighted by Crippen LogP contribution is -2.35. The van der Waals surface area contributed by atoms with Gasteiger partial charge in [0.05, 0.1) is 16.1 Å². The number of nitrogens with zero attached hydrogens (tertiary/aromatic N) is 3. The molecule has 0 radical (unpaired) electrons. The molecule has 0 bridgehead atoms. The molecule has 2 amide bonds. The Morgan fingerprint density at radius 2 is 1.93 bits per heavy atom. The predicted octanol–water partition coefficient (Wildman–Crippen LogP) is 2.60. The maximum Gasteiger partial charge on any atom is 0.255 e. The van der Waals surface area contributed by atoms with Crippen LogP contribution in [0.25, 0.3) is 0 Å². The number of carbonyl (C=O) groups excluding carboxylic acids is 2. The first kappa shape index (κ1) is 19.1. The fraction of sp³-hybridized carbons (Fsp3) is 0.368. The van der Waals surface area contributed by atoms with Crippen LogP contribution in [0.3, 0.4) is 0 Å². The molecule has 8 heteroatoms. The van der Waals surface area contributed by atoms with E-state index < -0.39 is 0 Å². The number of hydrogen-bond donors (Lipinski definition) is 2. The fourth-order valence-corrected chi connectivity index (χ4v) is 3.15. The maximum absolute atomic E-state index is 12.5. The van der Waals surface area contributed by atoms with Crippen molar-refractivity contribution in [2.24, 2.45) is 0 Å². The molecule has 2 N–H and O–H groups in total. The van der Waals surface area contributed by atoms with Gasteiger partial charge in [-0.15, -0.1) is 0 Å². The average molecular weight is 388 g/mol. The van der Waals surface area contributed by atoms with Gasteiger partial charge in [-0.2, -0.15) is 0 Å². The molecule has 2 aromatic heterocycles.